The van der Waals surface area contributed by atoms with E-state index in [2.05, 4.69) is 20.3 Å². The molecule has 4 N–H and O–H groups in total. The first-order chi connectivity index (χ1) is 14.3. The molecule has 0 bridgehead atoms. The van der Waals surface area contributed by atoms with E-state index < -0.39 is 24.2 Å². The van der Waals surface area contributed by atoms with Gasteiger partial charge in [0.1, 0.15) is 22.8 Å². The van der Waals surface area contributed by atoms with Gasteiger partial charge < -0.3 is 30.0 Å². The SMILES string of the molecule is Cc1cc2cc(-c3c(Cl)nc(N(C)C)nc3N[C@@H]3C[C@H](CO)[C@@H](O)[C@H]3O)oc2cn1. The quantitative estimate of drug-likeness (QED) is 0.445. The van der Waals surface area contributed by atoms with Gasteiger partial charge in [0.25, 0.3) is 0 Å². The molecule has 0 spiro atoms. The Balaban J connectivity index is 1.79. The van der Waals surface area contributed by atoms with Gasteiger partial charge in [-0.25, -0.2) is 4.98 Å². The van der Waals surface area contributed by atoms with Gasteiger partial charge >= 0.3 is 0 Å². The standard InChI is InChI=1S/C20H24ClN5O4/c1-9-4-10-6-13(30-14(10)7-22-9)15-18(21)24-20(26(2)3)25-19(15)23-12-5-11(8-27)16(28)17(12)29/h4,6-7,11-12,16-17,27-29H,5,8H2,1-3H3,(H,23,24,25)/t11-,12-,16-,17+/m1/s1. The maximum Gasteiger partial charge on any atom is 0.228 e. The van der Waals surface area contributed by atoms with Crippen molar-refractivity contribution in [1.82, 2.24) is 15.0 Å². The number of aliphatic hydroxyl groups is 3. The molecular formula is C20H24ClN5O4. The Morgan fingerprint density at radius 1 is 1.23 bits per heavy atom. The van der Waals surface area contributed by atoms with Crippen LogP contribution in [-0.2, 0) is 0 Å². The van der Waals surface area contributed by atoms with E-state index in [0.29, 0.717) is 35.1 Å². The first-order valence-electron chi connectivity index (χ1n) is 9.63. The van der Waals surface area contributed by atoms with Crippen LogP contribution in [-0.4, -0.2) is 69.2 Å². The number of rotatable bonds is 5. The van der Waals surface area contributed by atoms with Gasteiger partial charge in [-0.15, -0.1) is 0 Å². The summed E-state index contributed by atoms with van der Waals surface area (Å²) in [7, 11) is 3.58. The van der Waals surface area contributed by atoms with Gasteiger partial charge in [0.2, 0.25) is 5.95 Å². The van der Waals surface area contributed by atoms with Crippen LogP contribution in [0.4, 0.5) is 11.8 Å². The number of hydrogen-bond donors (Lipinski definition) is 4. The summed E-state index contributed by atoms with van der Waals surface area (Å²) in [4.78, 5) is 14.9. The molecule has 30 heavy (non-hydrogen) atoms. The summed E-state index contributed by atoms with van der Waals surface area (Å²) >= 11 is 6.53. The fraction of sp³-hybridized carbons (Fsp3) is 0.450. The summed E-state index contributed by atoms with van der Waals surface area (Å²) in [5.74, 6) is 0.790. The van der Waals surface area contributed by atoms with E-state index in [1.807, 2.05) is 19.1 Å². The van der Waals surface area contributed by atoms with Gasteiger partial charge in [-0.1, -0.05) is 11.6 Å². The van der Waals surface area contributed by atoms with Crippen LogP contribution in [0.5, 0.6) is 0 Å². The summed E-state index contributed by atoms with van der Waals surface area (Å²) in [5.41, 5.74) is 1.91. The number of furan rings is 1. The zero-order valence-electron chi connectivity index (χ0n) is 16.9. The zero-order valence-corrected chi connectivity index (χ0v) is 17.6. The van der Waals surface area contributed by atoms with Crippen molar-refractivity contribution < 1.29 is 19.7 Å². The molecule has 4 atom stereocenters. The van der Waals surface area contributed by atoms with E-state index in [0.717, 1.165) is 11.1 Å². The number of halogens is 1. The average molecular weight is 434 g/mol. The van der Waals surface area contributed by atoms with Gasteiger partial charge in [-0.3, -0.25) is 4.98 Å². The molecule has 4 rings (SSSR count). The minimum absolute atomic E-state index is 0.187. The van der Waals surface area contributed by atoms with Gasteiger partial charge in [0.05, 0.1) is 23.9 Å². The van der Waals surface area contributed by atoms with Crippen LogP contribution < -0.4 is 10.2 Å². The predicted octanol–water partition coefficient (Wildman–Crippen LogP) is 1.83. The van der Waals surface area contributed by atoms with Crippen LogP contribution in [0.25, 0.3) is 22.3 Å². The van der Waals surface area contributed by atoms with Crippen molar-refractivity contribution in [2.75, 3.05) is 30.9 Å². The van der Waals surface area contributed by atoms with Gasteiger partial charge in [-0.05, 0) is 25.5 Å². The van der Waals surface area contributed by atoms with Crippen molar-refractivity contribution >= 4 is 34.3 Å². The molecule has 0 aromatic carbocycles. The summed E-state index contributed by atoms with van der Waals surface area (Å²) in [5, 5.41) is 34.3. The molecule has 0 radical (unpaired) electrons. The minimum atomic E-state index is -1.06. The monoisotopic (exact) mass is 433 g/mol. The molecule has 9 nitrogen and oxygen atoms in total. The molecule has 0 saturated heterocycles. The molecule has 0 unspecified atom stereocenters. The molecule has 1 aliphatic carbocycles. The van der Waals surface area contributed by atoms with Crippen molar-refractivity contribution in [3.8, 4) is 11.3 Å². The lowest BCUT2D eigenvalue weighted by atomic mass is 10.1. The van der Waals surface area contributed by atoms with E-state index in [-0.39, 0.29) is 11.8 Å². The number of aromatic nitrogens is 3. The van der Waals surface area contributed by atoms with E-state index in [1.165, 1.54) is 0 Å². The predicted molar refractivity (Wildman–Crippen MR) is 114 cm³/mol. The van der Waals surface area contributed by atoms with Crippen molar-refractivity contribution in [2.24, 2.45) is 5.92 Å². The first kappa shape index (κ1) is 20.8. The second-order valence-corrected chi connectivity index (χ2v) is 8.17. The largest absolute Gasteiger partial charge is 0.454 e. The molecule has 1 fully saturated rings. The van der Waals surface area contributed by atoms with E-state index in [4.69, 9.17) is 16.0 Å². The van der Waals surface area contributed by atoms with Gasteiger partial charge in [0, 0.05) is 37.7 Å². The van der Waals surface area contributed by atoms with Gasteiger partial charge in [-0.2, -0.15) is 4.98 Å². The molecule has 3 aromatic heterocycles. The Kier molecular flexibility index (Phi) is 5.54. The Labute approximate surface area is 178 Å². The summed E-state index contributed by atoms with van der Waals surface area (Å²) in [6, 6.07) is 3.22. The minimum Gasteiger partial charge on any atom is -0.454 e. The highest BCUT2D eigenvalue weighted by molar-refractivity contribution is 6.32. The van der Waals surface area contributed by atoms with E-state index in [1.54, 1.807) is 25.2 Å². The van der Waals surface area contributed by atoms with Crippen molar-refractivity contribution in [3.05, 3.63) is 29.2 Å². The van der Waals surface area contributed by atoms with Crippen molar-refractivity contribution in [2.45, 2.75) is 31.6 Å². The molecule has 3 heterocycles. The molecular weight excluding hydrogens is 410 g/mol. The number of fused-ring (bicyclic) bond motifs is 1. The third-order valence-corrected chi connectivity index (χ3v) is 5.67. The Bertz CT molecular complexity index is 1070. The average Bonchev–Trinajstić information content (AvgIpc) is 3.22. The second kappa shape index (κ2) is 7.99. The van der Waals surface area contributed by atoms with Crippen molar-refractivity contribution in [3.63, 3.8) is 0 Å². The number of pyridine rings is 1. The van der Waals surface area contributed by atoms with Crippen LogP contribution in [0.15, 0.2) is 22.7 Å². The van der Waals surface area contributed by atoms with Crippen LogP contribution in [0.3, 0.4) is 0 Å². The Hall–Kier alpha value is -2.46. The number of hydrogen-bond acceptors (Lipinski definition) is 9. The Morgan fingerprint density at radius 2 is 2.00 bits per heavy atom. The third kappa shape index (κ3) is 3.69. The van der Waals surface area contributed by atoms with Crippen LogP contribution >= 0.6 is 11.6 Å². The fourth-order valence-electron chi connectivity index (χ4n) is 3.75. The lowest BCUT2D eigenvalue weighted by Crippen LogP contribution is -2.35. The molecule has 0 amide bonds. The van der Waals surface area contributed by atoms with Crippen molar-refractivity contribution in [1.29, 1.82) is 0 Å². The lowest BCUT2D eigenvalue weighted by molar-refractivity contribution is 0.00446. The third-order valence-electron chi connectivity index (χ3n) is 5.40. The molecule has 10 heteroatoms. The lowest BCUT2D eigenvalue weighted by Gasteiger charge is -2.21. The normalized spacial score (nSPS) is 23.8. The number of aliphatic hydroxyl groups excluding tert-OH is 3. The fourth-order valence-corrected chi connectivity index (χ4v) is 4.01. The number of anilines is 2. The molecule has 160 valence electrons. The number of nitrogens with zero attached hydrogens (tertiary/aromatic N) is 4. The molecule has 3 aromatic rings. The molecule has 1 aliphatic rings. The maximum absolute atomic E-state index is 10.4. The smallest absolute Gasteiger partial charge is 0.228 e. The number of nitrogens with one attached hydrogen (secondary N) is 1. The highest BCUT2D eigenvalue weighted by Gasteiger charge is 2.41. The molecule has 0 aliphatic heterocycles. The topological polar surface area (TPSA) is 128 Å². The van der Waals surface area contributed by atoms with Gasteiger partial charge in [0.15, 0.2) is 5.58 Å². The zero-order chi connectivity index (χ0) is 21.6. The maximum atomic E-state index is 10.4. The van der Waals surface area contributed by atoms with Crippen LogP contribution in [0.2, 0.25) is 5.15 Å². The second-order valence-electron chi connectivity index (χ2n) is 7.82. The summed E-state index contributed by atoms with van der Waals surface area (Å²) < 4.78 is 5.95. The summed E-state index contributed by atoms with van der Waals surface area (Å²) in [6.45, 7) is 1.68. The van der Waals surface area contributed by atoms with E-state index in [9.17, 15) is 15.3 Å². The summed E-state index contributed by atoms with van der Waals surface area (Å²) in [6.07, 6.45) is -0.0657. The first-order valence-corrected chi connectivity index (χ1v) is 10.0. The highest BCUT2D eigenvalue weighted by atomic mass is 35.5. The molecule has 1 saturated carbocycles. The van der Waals surface area contributed by atoms with Crippen LogP contribution in [0.1, 0.15) is 12.1 Å². The van der Waals surface area contributed by atoms with Crippen LogP contribution in [0, 0.1) is 12.8 Å². The highest BCUT2D eigenvalue weighted by Crippen LogP contribution is 2.39. The van der Waals surface area contributed by atoms with E-state index >= 15 is 0 Å². The Morgan fingerprint density at radius 3 is 2.67 bits per heavy atom. The number of aryl methyl sites for hydroxylation is 1.